The Labute approximate surface area is 126 Å². The average molecular weight is 294 g/mol. The number of aromatic nitrogens is 2. The van der Waals surface area contributed by atoms with E-state index in [0.717, 1.165) is 38.6 Å². The summed E-state index contributed by atoms with van der Waals surface area (Å²) in [5, 5.41) is 4.29. The number of nitrogens with zero attached hydrogens (tertiary/aromatic N) is 3. The van der Waals surface area contributed by atoms with E-state index in [-0.39, 0.29) is 5.78 Å². The number of ether oxygens (including phenoxy) is 1. The fourth-order valence-electron chi connectivity index (χ4n) is 2.86. The molecule has 6 heteroatoms. The lowest BCUT2D eigenvalue weighted by atomic mass is 9.78. The number of likely N-dealkylation sites (N-methyl/N-ethyl adjacent to an activating group) is 1. The van der Waals surface area contributed by atoms with Crippen LogP contribution in [0.5, 0.6) is 5.75 Å². The van der Waals surface area contributed by atoms with Crippen molar-refractivity contribution in [2.24, 2.45) is 5.73 Å². The maximum absolute atomic E-state index is 12.9. The van der Waals surface area contributed by atoms with Gasteiger partial charge in [-0.1, -0.05) is 19.3 Å². The molecule has 0 atom stereocenters. The first-order valence-electron chi connectivity index (χ1n) is 7.56. The minimum absolute atomic E-state index is 0.0321. The first kappa shape index (κ1) is 16.0. The molecule has 1 aromatic heterocycles. The zero-order valence-electron chi connectivity index (χ0n) is 13.3. The van der Waals surface area contributed by atoms with Crippen LogP contribution >= 0.6 is 0 Å². The number of carbonyl (C=O) groups is 1. The van der Waals surface area contributed by atoms with Crippen molar-refractivity contribution in [3.63, 3.8) is 0 Å². The Morgan fingerprint density at radius 1 is 1.43 bits per heavy atom. The number of Topliss-reactive ketones (excluding diaryl/α,β-unsaturated/α-hetero) is 1. The van der Waals surface area contributed by atoms with Crippen LogP contribution in [0.25, 0.3) is 0 Å². The zero-order chi connectivity index (χ0) is 15.5. The molecule has 0 spiro atoms. The van der Waals surface area contributed by atoms with Crippen LogP contribution in [-0.2, 0) is 6.54 Å². The highest BCUT2D eigenvalue weighted by atomic mass is 16.5. The number of nitrogens with two attached hydrogens (primary N) is 1. The number of methoxy groups -OCH3 is 1. The summed E-state index contributed by atoms with van der Waals surface area (Å²) in [5.74, 6) is 0.490. The molecule has 0 aromatic carbocycles. The highest BCUT2D eigenvalue weighted by Gasteiger charge is 2.39. The summed E-state index contributed by atoms with van der Waals surface area (Å²) >= 11 is 0. The van der Waals surface area contributed by atoms with Gasteiger partial charge in [-0.05, 0) is 26.9 Å². The predicted molar refractivity (Wildman–Crippen MR) is 81.7 cm³/mol. The van der Waals surface area contributed by atoms with Crippen molar-refractivity contribution >= 4 is 5.78 Å². The van der Waals surface area contributed by atoms with E-state index in [1.807, 2.05) is 14.1 Å². The van der Waals surface area contributed by atoms with Gasteiger partial charge in [0.1, 0.15) is 5.69 Å². The molecule has 0 amide bonds. The molecular formula is C15H26N4O2. The van der Waals surface area contributed by atoms with E-state index >= 15 is 0 Å². The second kappa shape index (κ2) is 6.58. The molecule has 1 saturated carbocycles. The van der Waals surface area contributed by atoms with Gasteiger partial charge in [-0.15, -0.1) is 0 Å². The standard InChI is InChI=1S/C15H26N4O2/c1-18(2)9-10-19-13(12(21-3)11-17-19)14(20)15(16)7-5-4-6-8-15/h11H,4-10,16H2,1-3H3. The molecule has 21 heavy (non-hydrogen) atoms. The summed E-state index contributed by atoms with van der Waals surface area (Å²) in [7, 11) is 5.55. The van der Waals surface area contributed by atoms with Crippen molar-refractivity contribution in [2.45, 2.75) is 44.2 Å². The van der Waals surface area contributed by atoms with E-state index < -0.39 is 5.54 Å². The SMILES string of the molecule is COc1cnn(CCN(C)C)c1C(=O)C1(N)CCCCC1. The third-order valence-electron chi connectivity index (χ3n) is 4.20. The van der Waals surface area contributed by atoms with Crippen LogP contribution in [0.3, 0.4) is 0 Å². The summed E-state index contributed by atoms with van der Waals surface area (Å²) in [5.41, 5.74) is 6.14. The highest BCUT2D eigenvalue weighted by molar-refractivity contribution is 6.03. The van der Waals surface area contributed by atoms with Gasteiger partial charge in [-0.3, -0.25) is 9.48 Å². The van der Waals surface area contributed by atoms with Crippen LogP contribution in [0.15, 0.2) is 6.20 Å². The molecule has 0 radical (unpaired) electrons. The van der Waals surface area contributed by atoms with Crippen LogP contribution < -0.4 is 10.5 Å². The van der Waals surface area contributed by atoms with Crippen molar-refractivity contribution in [1.82, 2.24) is 14.7 Å². The van der Waals surface area contributed by atoms with E-state index in [1.54, 1.807) is 18.0 Å². The maximum atomic E-state index is 12.9. The molecule has 1 heterocycles. The average Bonchev–Trinajstić information content (AvgIpc) is 2.87. The maximum Gasteiger partial charge on any atom is 0.204 e. The van der Waals surface area contributed by atoms with E-state index in [1.165, 1.54) is 0 Å². The quantitative estimate of drug-likeness (QED) is 0.801. The molecule has 0 saturated heterocycles. The van der Waals surface area contributed by atoms with Crippen LogP contribution in [0.1, 0.15) is 42.6 Å². The van der Waals surface area contributed by atoms with E-state index in [4.69, 9.17) is 10.5 Å². The number of ketones is 1. The van der Waals surface area contributed by atoms with Crippen LogP contribution in [0.4, 0.5) is 0 Å². The summed E-state index contributed by atoms with van der Waals surface area (Å²) in [6.07, 6.45) is 6.27. The second-order valence-corrected chi connectivity index (χ2v) is 6.13. The number of hydrogen-bond donors (Lipinski definition) is 1. The Balaban J connectivity index is 2.27. The lowest BCUT2D eigenvalue weighted by Crippen LogP contribution is -2.50. The van der Waals surface area contributed by atoms with Gasteiger partial charge in [0.25, 0.3) is 0 Å². The number of rotatable bonds is 6. The molecule has 2 rings (SSSR count). The lowest BCUT2D eigenvalue weighted by Gasteiger charge is -2.32. The van der Waals surface area contributed by atoms with Crippen LogP contribution in [-0.4, -0.2) is 53.8 Å². The van der Waals surface area contributed by atoms with Crippen molar-refractivity contribution in [3.8, 4) is 5.75 Å². The van der Waals surface area contributed by atoms with E-state index in [2.05, 4.69) is 10.00 Å². The fraction of sp³-hybridized carbons (Fsp3) is 0.733. The topological polar surface area (TPSA) is 73.4 Å². The lowest BCUT2D eigenvalue weighted by molar-refractivity contribution is 0.0832. The summed E-state index contributed by atoms with van der Waals surface area (Å²) in [6, 6.07) is 0. The first-order chi connectivity index (χ1) is 9.98. The number of hydrogen-bond acceptors (Lipinski definition) is 5. The molecule has 1 fully saturated rings. The fourth-order valence-corrected chi connectivity index (χ4v) is 2.86. The largest absolute Gasteiger partial charge is 0.493 e. The Hall–Kier alpha value is -1.40. The van der Waals surface area contributed by atoms with E-state index in [9.17, 15) is 4.79 Å². The minimum atomic E-state index is -0.762. The molecule has 1 aliphatic carbocycles. The van der Waals surface area contributed by atoms with E-state index in [0.29, 0.717) is 18.0 Å². The van der Waals surface area contributed by atoms with Gasteiger partial charge in [0.15, 0.2) is 5.75 Å². The van der Waals surface area contributed by atoms with Gasteiger partial charge in [-0.2, -0.15) is 5.10 Å². The third-order valence-corrected chi connectivity index (χ3v) is 4.20. The van der Waals surface area contributed by atoms with Crippen molar-refractivity contribution < 1.29 is 9.53 Å². The molecule has 2 N–H and O–H groups in total. The molecule has 6 nitrogen and oxygen atoms in total. The van der Waals surface area contributed by atoms with Gasteiger partial charge >= 0.3 is 0 Å². The smallest absolute Gasteiger partial charge is 0.204 e. The molecule has 0 aliphatic heterocycles. The highest BCUT2D eigenvalue weighted by Crippen LogP contribution is 2.31. The van der Waals surface area contributed by atoms with Gasteiger partial charge < -0.3 is 15.4 Å². The molecule has 1 aliphatic rings. The van der Waals surface area contributed by atoms with Gasteiger partial charge in [0.2, 0.25) is 5.78 Å². The van der Waals surface area contributed by atoms with Crippen molar-refractivity contribution in [1.29, 1.82) is 0 Å². The predicted octanol–water partition coefficient (Wildman–Crippen LogP) is 1.30. The Morgan fingerprint density at radius 3 is 2.67 bits per heavy atom. The zero-order valence-corrected chi connectivity index (χ0v) is 13.3. The summed E-state index contributed by atoms with van der Waals surface area (Å²) < 4.78 is 7.04. The Bertz CT molecular complexity index is 490. The monoisotopic (exact) mass is 294 g/mol. The number of carbonyl (C=O) groups excluding carboxylic acids is 1. The van der Waals surface area contributed by atoms with Crippen molar-refractivity contribution in [3.05, 3.63) is 11.9 Å². The summed E-state index contributed by atoms with van der Waals surface area (Å²) in [6.45, 7) is 1.45. The van der Waals surface area contributed by atoms with Gasteiger partial charge in [0.05, 0.1) is 25.4 Å². The molecule has 1 aromatic rings. The molecule has 0 unspecified atom stereocenters. The summed E-state index contributed by atoms with van der Waals surface area (Å²) in [4.78, 5) is 15.0. The second-order valence-electron chi connectivity index (χ2n) is 6.13. The first-order valence-corrected chi connectivity index (χ1v) is 7.56. The van der Waals surface area contributed by atoms with Crippen molar-refractivity contribution in [2.75, 3.05) is 27.7 Å². The van der Waals surface area contributed by atoms with Gasteiger partial charge in [-0.25, -0.2) is 0 Å². The Kier molecular flexibility index (Phi) is 5.00. The van der Waals surface area contributed by atoms with Crippen LogP contribution in [0, 0.1) is 0 Å². The van der Waals surface area contributed by atoms with Gasteiger partial charge in [0, 0.05) is 6.54 Å². The van der Waals surface area contributed by atoms with Crippen LogP contribution in [0.2, 0.25) is 0 Å². The Morgan fingerprint density at radius 2 is 2.10 bits per heavy atom. The molecule has 118 valence electrons. The minimum Gasteiger partial charge on any atom is -0.493 e. The normalized spacial score (nSPS) is 18.0. The molecule has 0 bridgehead atoms. The molecular weight excluding hydrogens is 268 g/mol. The third kappa shape index (κ3) is 3.44.